The molecule has 1 heterocycles. The van der Waals surface area contributed by atoms with Gasteiger partial charge in [-0.1, -0.05) is 37.7 Å². The van der Waals surface area contributed by atoms with Crippen LogP contribution in [0, 0.1) is 11.7 Å². The number of nitrogens with one attached hydrogen (secondary N) is 1. The summed E-state index contributed by atoms with van der Waals surface area (Å²) in [6.07, 6.45) is 0. The quantitative estimate of drug-likeness (QED) is 0.425. The Bertz CT molecular complexity index is 1130. The number of hydrogen-bond acceptors (Lipinski definition) is 7. The van der Waals surface area contributed by atoms with E-state index in [0.717, 1.165) is 0 Å². The second kappa shape index (κ2) is 11.2. The van der Waals surface area contributed by atoms with E-state index >= 15 is 0 Å². The molecular formula is C24H29FN4O4S. The van der Waals surface area contributed by atoms with E-state index < -0.39 is 11.1 Å². The van der Waals surface area contributed by atoms with Gasteiger partial charge in [0.15, 0.2) is 22.5 Å². The zero-order valence-electron chi connectivity index (χ0n) is 20.1. The summed E-state index contributed by atoms with van der Waals surface area (Å²) in [5.74, 6) is 1.39. The normalized spacial score (nSPS) is 11.9. The van der Waals surface area contributed by atoms with Crippen LogP contribution in [0.1, 0.15) is 20.8 Å². The molecule has 0 saturated heterocycles. The van der Waals surface area contributed by atoms with Gasteiger partial charge < -0.3 is 19.5 Å². The Labute approximate surface area is 202 Å². The van der Waals surface area contributed by atoms with Gasteiger partial charge in [-0.25, -0.2) is 4.39 Å². The van der Waals surface area contributed by atoms with Crippen LogP contribution in [0.4, 0.5) is 4.39 Å². The number of para-hydroxylation sites is 1. The van der Waals surface area contributed by atoms with Crippen molar-refractivity contribution < 1.29 is 23.4 Å². The number of carbonyl (C=O) groups is 1. The lowest BCUT2D eigenvalue weighted by Gasteiger charge is -2.16. The van der Waals surface area contributed by atoms with Crippen LogP contribution < -0.4 is 19.5 Å². The number of benzene rings is 2. The molecule has 182 valence electrons. The van der Waals surface area contributed by atoms with Crippen LogP contribution in [0.2, 0.25) is 0 Å². The van der Waals surface area contributed by atoms with Crippen LogP contribution in [0.3, 0.4) is 0 Å². The Morgan fingerprint density at radius 3 is 2.26 bits per heavy atom. The average Bonchev–Trinajstić information content (AvgIpc) is 3.24. The molecule has 3 rings (SSSR count). The molecule has 1 N–H and O–H groups in total. The van der Waals surface area contributed by atoms with Gasteiger partial charge in [0.1, 0.15) is 5.82 Å². The van der Waals surface area contributed by atoms with E-state index in [9.17, 15) is 9.18 Å². The van der Waals surface area contributed by atoms with Gasteiger partial charge in [0, 0.05) is 12.1 Å². The van der Waals surface area contributed by atoms with Crippen molar-refractivity contribution >= 4 is 17.7 Å². The fraction of sp³-hybridized carbons (Fsp3) is 0.375. The molecule has 0 fully saturated rings. The van der Waals surface area contributed by atoms with Crippen molar-refractivity contribution in [2.24, 2.45) is 5.92 Å². The van der Waals surface area contributed by atoms with Crippen molar-refractivity contribution in [1.82, 2.24) is 20.1 Å². The van der Waals surface area contributed by atoms with Crippen LogP contribution in [-0.4, -0.2) is 53.8 Å². The molecule has 0 saturated carbocycles. The molecule has 0 aliphatic rings. The number of amides is 1. The highest BCUT2D eigenvalue weighted by molar-refractivity contribution is 8.00. The summed E-state index contributed by atoms with van der Waals surface area (Å²) in [5.41, 5.74) is 0.836. The summed E-state index contributed by atoms with van der Waals surface area (Å²) in [5, 5.41) is 11.5. The zero-order valence-corrected chi connectivity index (χ0v) is 20.9. The maximum absolute atomic E-state index is 14.9. The summed E-state index contributed by atoms with van der Waals surface area (Å²) >= 11 is 1.20. The smallest absolute Gasteiger partial charge is 0.233 e. The van der Waals surface area contributed by atoms with E-state index in [0.29, 0.717) is 46.3 Å². The van der Waals surface area contributed by atoms with E-state index in [2.05, 4.69) is 15.5 Å². The van der Waals surface area contributed by atoms with Crippen LogP contribution >= 0.6 is 11.8 Å². The first kappa shape index (κ1) is 25.4. The molecule has 10 heteroatoms. The Hall–Kier alpha value is -3.27. The highest BCUT2D eigenvalue weighted by Crippen LogP contribution is 2.42. The molecule has 1 aromatic heterocycles. The minimum atomic E-state index is -0.471. The number of hydrogen-bond donors (Lipinski definition) is 1. The van der Waals surface area contributed by atoms with Crippen LogP contribution in [-0.2, 0) is 4.79 Å². The van der Waals surface area contributed by atoms with Crippen LogP contribution in [0.5, 0.6) is 17.2 Å². The molecule has 1 atom stereocenters. The largest absolute Gasteiger partial charge is 0.493 e. The average molecular weight is 489 g/mol. The predicted molar refractivity (Wildman–Crippen MR) is 130 cm³/mol. The monoisotopic (exact) mass is 488 g/mol. The first-order valence-corrected chi connectivity index (χ1v) is 11.6. The zero-order chi connectivity index (χ0) is 24.8. The Kier molecular flexibility index (Phi) is 8.38. The molecule has 8 nitrogen and oxygen atoms in total. The summed E-state index contributed by atoms with van der Waals surface area (Å²) in [7, 11) is 4.55. The molecule has 0 spiro atoms. The van der Waals surface area contributed by atoms with Gasteiger partial charge in [0.25, 0.3) is 0 Å². The van der Waals surface area contributed by atoms with Crippen molar-refractivity contribution in [2.75, 3.05) is 27.9 Å². The summed E-state index contributed by atoms with van der Waals surface area (Å²) in [6.45, 7) is 6.40. The van der Waals surface area contributed by atoms with Crippen molar-refractivity contribution in [1.29, 1.82) is 0 Å². The molecule has 1 amide bonds. The summed E-state index contributed by atoms with van der Waals surface area (Å²) in [6, 6.07) is 9.77. The van der Waals surface area contributed by atoms with E-state index in [1.54, 1.807) is 41.8 Å². The van der Waals surface area contributed by atoms with Crippen molar-refractivity contribution in [2.45, 2.75) is 31.2 Å². The summed E-state index contributed by atoms with van der Waals surface area (Å²) < 4.78 is 32.8. The van der Waals surface area contributed by atoms with E-state index in [1.807, 2.05) is 13.8 Å². The van der Waals surface area contributed by atoms with Gasteiger partial charge in [-0.3, -0.25) is 9.36 Å². The third kappa shape index (κ3) is 5.44. The number of methoxy groups -OCH3 is 3. The van der Waals surface area contributed by atoms with Gasteiger partial charge in [-0.05, 0) is 37.1 Å². The van der Waals surface area contributed by atoms with Crippen molar-refractivity contribution in [3.05, 3.63) is 42.2 Å². The fourth-order valence-electron chi connectivity index (χ4n) is 3.25. The molecular weight excluding hydrogens is 459 g/mol. The lowest BCUT2D eigenvalue weighted by molar-refractivity contribution is -0.120. The lowest BCUT2D eigenvalue weighted by Crippen LogP contribution is -2.33. The van der Waals surface area contributed by atoms with Gasteiger partial charge in [0.05, 0.1) is 32.3 Å². The molecule has 0 bridgehead atoms. The molecule has 1 unspecified atom stereocenters. The van der Waals surface area contributed by atoms with Gasteiger partial charge in [0.2, 0.25) is 11.7 Å². The molecule has 34 heavy (non-hydrogen) atoms. The van der Waals surface area contributed by atoms with E-state index in [-0.39, 0.29) is 11.6 Å². The topological polar surface area (TPSA) is 87.5 Å². The Morgan fingerprint density at radius 2 is 1.71 bits per heavy atom. The van der Waals surface area contributed by atoms with Crippen LogP contribution in [0.25, 0.3) is 17.1 Å². The number of halogens is 1. The Morgan fingerprint density at radius 1 is 1.06 bits per heavy atom. The minimum absolute atomic E-state index is 0.129. The molecule has 0 aliphatic heterocycles. The highest BCUT2D eigenvalue weighted by atomic mass is 32.2. The van der Waals surface area contributed by atoms with Gasteiger partial charge >= 0.3 is 0 Å². The molecule has 2 aromatic carbocycles. The SMILES string of the molecule is COc1cc(-c2nnc(SC(C)C(=O)NCC(C)C)n2-c2ccccc2F)cc(OC)c1OC. The number of ether oxygens (including phenoxy) is 3. The molecule has 0 radical (unpaired) electrons. The predicted octanol–water partition coefficient (Wildman–Crippen LogP) is 4.35. The number of aromatic nitrogens is 3. The minimum Gasteiger partial charge on any atom is -0.493 e. The van der Waals surface area contributed by atoms with Crippen LogP contribution in [0.15, 0.2) is 41.6 Å². The first-order valence-electron chi connectivity index (χ1n) is 10.8. The second-order valence-corrected chi connectivity index (χ2v) is 9.21. The number of thioether (sulfide) groups is 1. The maximum atomic E-state index is 14.9. The first-order chi connectivity index (χ1) is 16.3. The fourth-order valence-corrected chi connectivity index (χ4v) is 4.14. The van der Waals surface area contributed by atoms with E-state index in [1.165, 1.54) is 39.2 Å². The van der Waals surface area contributed by atoms with E-state index in [4.69, 9.17) is 14.2 Å². The van der Waals surface area contributed by atoms with Gasteiger partial charge in [-0.2, -0.15) is 0 Å². The molecule has 0 aliphatic carbocycles. The third-order valence-electron chi connectivity index (χ3n) is 4.99. The summed E-state index contributed by atoms with van der Waals surface area (Å²) in [4.78, 5) is 12.6. The maximum Gasteiger partial charge on any atom is 0.233 e. The Balaban J connectivity index is 2.11. The van der Waals surface area contributed by atoms with Crippen molar-refractivity contribution in [3.8, 4) is 34.3 Å². The number of rotatable bonds is 10. The number of nitrogens with zero attached hydrogens (tertiary/aromatic N) is 3. The van der Waals surface area contributed by atoms with Crippen molar-refractivity contribution in [3.63, 3.8) is 0 Å². The van der Waals surface area contributed by atoms with Gasteiger partial charge in [-0.15, -0.1) is 10.2 Å². The second-order valence-electron chi connectivity index (χ2n) is 7.91. The number of carbonyl (C=O) groups excluding carboxylic acids is 1. The lowest BCUT2D eigenvalue weighted by atomic mass is 10.1. The molecule has 3 aromatic rings. The highest BCUT2D eigenvalue weighted by Gasteiger charge is 2.25. The standard InChI is InChI=1S/C24H29FN4O4S/c1-14(2)13-26-23(30)15(3)34-24-28-27-22(29(24)18-10-8-7-9-17(18)25)16-11-19(31-4)21(33-6)20(12-16)32-5/h7-12,14-15H,13H2,1-6H3,(H,26,30). The third-order valence-corrected chi connectivity index (χ3v) is 6.03.